The Balaban J connectivity index is -0.000000502. The van der Waals surface area contributed by atoms with Crippen molar-refractivity contribution in [2.75, 3.05) is 108 Å². The summed E-state index contributed by atoms with van der Waals surface area (Å²) in [6.07, 6.45) is 1.79. The van der Waals surface area contributed by atoms with Crippen LogP contribution >= 0.6 is 0 Å². The predicted octanol–water partition coefficient (Wildman–Crippen LogP) is -1.73. The molecule has 1 rings (SSSR count). The van der Waals surface area contributed by atoms with E-state index >= 15 is 0 Å². The maximum atomic E-state index is 11.8. The molecule has 0 atom stereocenters. The molecule has 0 bridgehead atoms. The van der Waals surface area contributed by atoms with Crippen LogP contribution in [0.5, 0.6) is 0 Å². The van der Waals surface area contributed by atoms with Crippen molar-refractivity contribution in [3.05, 3.63) is 29.8 Å². The van der Waals surface area contributed by atoms with E-state index in [1.54, 1.807) is 38.5 Å². The van der Waals surface area contributed by atoms with Crippen molar-refractivity contribution >= 4 is 10.1 Å². The summed E-state index contributed by atoms with van der Waals surface area (Å²) in [6.45, 7) is 7.50. The second-order valence-corrected chi connectivity index (χ2v) is 9.93. The summed E-state index contributed by atoms with van der Waals surface area (Å²) in [4.78, 5) is 4.36. The summed E-state index contributed by atoms with van der Waals surface area (Å²) >= 11 is 0. The largest absolute Gasteiger partial charge is 1.00 e. The molecular formula is C25H49KN2O8S. The number of rotatable bonds is 18. The van der Waals surface area contributed by atoms with E-state index in [4.69, 9.17) is 18.4 Å². The maximum Gasteiger partial charge on any atom is 1.00 e. The van der Waals surface area contributed by atoms with Gasteiger partial charge in [-0.05, 0) is 73.2 Å². The molecule has 0 radical (unpaired) electrons. The number of nitrogens with zero attached hydrogens (tertiary/aromatic N) is 2. The van der Waals surface area contributed by atoms with Crippen molar-refractivity contribution in [1.29, 1.82) is 0 Å². The molecule has 0 aliphatic rings. The fraction of sp³-hybridized carbons (Fsp3) is 0.760. The molecule has 0 aromatic heterocycles. The summed E-state index contributed by atoms with van der Waals surface area (Å²) < 4.78 is 48.0. The molecule has 0 spiro atoms. The fourth-order valence-corrected chi connectivity index (χ4v) is 3.30. The van der Waals surface area contributed by atoms with Crippen LogP contribution < -0.4 is 56.5 Å². The summed E-state index contributed by atoms with van der Waals surface area (Å²) in [5, 5.41) is 9.73. The van der Waals surface area contributed by atoms with Gasteiger partial charge in [-0.2, -0.15) is 8.42 Å². The molecule has 0 unspecified atom stereocenters. The van der Waals surface area contributed by atoms with Crippen LogP contribution in [0.2, 0.25) is 0 Å². The average Bonchev–Trinajstić information content (AvgIpc) is 2.83. The minimum atomic E-state index is -3.59. The van der Waals surface area contributed by atoms with E-state index in [1.807, 2.05) is 25.9 Å². The van der Waals surface area contributed by atoms with E-state index in [0.717, 1.165) is 31.7 Å². The van der Waals surface area contributed by atoms with E-state index in [1.165, 1.54) is 0 Å². The molecular weight excluding hydrogens is 527 g/mol. The quantitative estimate of drug-likeness (QED) is 0.114. The Bertz CT molecular complexity index is 686. The van der Waals surface area contributed by atoms with Crippen LogP contribution in [-0.2, 0) is 33.2 Å². The third-order valence-electron chi connectivity index (χ3n) is 4.28. The van der Waals surface area contributed by atoms with E-state index in [9.17, 15) is 13.5 Å². The summed E-state index contributed by atoms with van der Waals surface area (Å²) in [6, 6.07) is 6.65. The summed E-state index contributed by atoms with van der Waals surface area (Å²) in [5.74, 6) is 0. The van der Waals surface area contributed by atoms with Gasteiger partial charge in [0.2, 0.25) is 0 Å². The Hall–Kier alpha value is 0.486. The summed E-state index contributed by atoms with van der Waals surface area (Å²) in [5.41, 5.74) is 1.02. The zero-order valence-electron chi connectivity index (χ0n) is 24.4. The number of ether oxygens (including phenoxy) is 4. The minimum Gasteiger partial charge on any atom is -0.853 e. The van der Waals surface area contributed by atoms with Crippen LogP contribution in [0.1, 0.15) is 18.4 Å². The number of benzene rings is 1. The average molecular weight is 577 g/mol. The summed E-state index contributed by atoms with van der Waals surface area (Å²) in [7, 11) is 7.70. The Labute approximate surface area is 268 Å². The predicted molar refractivity (Wildman–Crippen MR) is 141 cm³/mol. The second-order valence-electron chi connectivity index (χ2n) is 8.32. The van der Waals surface area contributed by atoms with Crippen molar-refractivity contribution in [3.63, 3.8) is 0 Å². The van der Waals surface area contributed by atoms with Crippen molar-refractivity contribution in [2.24, 2.45) is 0 Å². The van der Waals surface area contributed by atoms with Gasteiger partial charge >= 0.3 is 51.4 Å². The first-order valence-electron chi connectivity index (χ1n) is 12.1. The van der Waals surface area contributed by atoms with Gasteiger partial charge < -0.3 is 33.9 Å². The van der Waals surface area contributed by atoms with Crippen LogP contribution in [0.3, 0.4) is 0 Å². The molecule has 0 saturated carbocycles. The molecule has 0 aliphatic carbocycles. The molecule has 12 heteroatoms. The molecule has 1 aromatic rings. The Kier molecular flexibility index (Phi) is 33.4. The zero-order chi connectivity index (χ0) is 27.7. The first kappa shape index (κ1) is 42.0. The van der Waals surface area contributed by atoms with Gasteiger partial charge in [-0.15, -0.1) is 6.61 Å². The smallest absolute Gasteiger partial charge is 0.853 e. The topological polar surface area (TPSA) is 110 Å². The first-order valence-corrected chi connectivity index (χ1v) is 13.5. The van der Waals surface area contributed by atoms with Gasteiger partial charge in [0.1, 0.15) is 0 Å². The second kappa shape index (κ2) is 29.5. The molecule has 10 nitrogen and oxygen atoms in total. The molecule has 37 heavy (non-hydrogen) atoms. The normalized spacial score (nSPS) is 10.9. The molecule has 0 fully saturated rings. The Morgan fingerprint density at radius 3 is 1.62 bits per heavy atom. The standard InChI is InChI=1S/C12H19NO3S.C8H19NO2.C5H11O3.K/c1-11-5-7-12(8-6-11)17(14,15)16-10-4-9-13(2)3;1-9(2)5-4-6-11-8-7-10-3;1-7-4-5-8-3-2-6;/h5-8H,4,9-10H2,1-3H3;4-8H2,1-3H3;2-5H2,1H3;/q;;-1;+1. The van der Waals surface area contributed by atoms with Crippen molar-refractivity contribution in [2.45, 2.75) is 24.7 Å². The van der Waals surface area contributed by atoms with E-state index < -0.39 is 10.1 Å². The zero-order valence-corrected chi connectivity index (χ0v) is 28.3. The van der Waals surface area contributed by atoms with Crippen LogP contribution in [0, 0.1) is 6.92 Å². The number of aryl methyl sites for hydroxylation is 1. The van der Waals surface area contributed by atoms with Crippen molar-refractivity contribution in [1.82, 2.24) is 9.80 Å². The molecule has 0 N–H and O–H groups in total. The molecule has 0 aliphatic heterocycles. The van der Waals surface area contributed by atoms with Gasteiger partial charge in [0.15, 0.2) is 0 Å². The van der Waals surface area contributed by atoms with Crippen LogP contribution in [0.15, 0.2) is 29.2 Å². The molecule has 0 saturated heterocycles. The van der Waals surface area contributed by atoms with Crippen LogP contribution in [-0.4, -0.2) is 127 Å². The van der Waals surface area contributed by atoms with Gasteiger partial charge in [0, 0.05) is 27.4 Å². The van der Waals surface area contributed by atoms with Crippen LogP contribution in [0.4, 0.5) is 0 Å². The fourth-order valence-electron chi connectivity index (χ4n) is 2.35. The number of hydrogen-bond donors (Lipinski definition) is 0. The van der Waals surface area contributed by atoms with Gasteiger partial charge in [-0.3, -0.25) is 4.18 Å². The third kappa shape index (κ3) is 30.9. The number of methoxy groups -OCH3 is 2. The van der Waals surface area contributed by atoms with Gasteiger partial charge in [-0.1, -0.05) is 17.7 Å². The van der Waals surface area contributed by atoms with Crippen LogP contribution in [0.25, 0.3) is 0 Å². The minimum absolute atomic E-state index is 0. The Morgan fingerprint density at radius 1 is 0.730 bits per heavy atom. The van der Waals surface area contributed by atoms with E-state index in [2.05, 4.69) is 23.7 Å². The van der Waals surface area contributed by atoms with Gasteiger partial charge in [-0.25, -0.2) is 0 Å². The molecule has 0 amide bonds. The molecule has 0 heterocycles. The monoisotopic (exact) mass is 576 g/mol. The molecule has 214 valence electrons. The third-order valence-corrected chi connectivity index (χ3v) is 5.61. The first-order chi connectivity index (χ1) is 17.1. The van der Waals surface area contributed by atoms with E-state index in [-0.39, 0.29) is 69.5 Å². The number of hydrogen-bond acceptors (Lipinski definition) is 10. The van der Waals surface area contributed by atoms with Gasteiger partial charge in [0.05, 0.1) is 37.9 Å². The van der Waals surface area contributed by atoms with Crippen molar-refractivity contribution in [3.8, 4) is 0 Å². The Morgan fingerprint density at radius 2 is 1.19 bits per heavy atom. The van der Waals surface area contributed by atoms with E-state index in [0.29, 0.717) is 39.5 Å². The van der Waals surface area contributed by atoms with Gasteiger partial charge in [0.25, 0.3) is 10.1 Å². The maximum absolute atomic E-state index is 11.8. The van der Waals surface area contributed by atoms with Crippen molar-refractivity contribution < 1.29 is 88.0 Å². The SMILES string of the molecule is COCCOCCCN(C)C.COCCOCC[O-].Cc1ccc(S(=O)(=O)OCCCN(C)C)cc1.[K+]. The molecule has 1 aromatic carbocycles.